The molecule has 0 bridgehead atoms. The highest BCUT2D eigenvalue weighted by atomic mass is 16.2. The number of hydrogen-bond acceptors (Lipinski definition) is 17. The maximum Gasteiger partial charge on any atom is 0.246 e. The second kappa shape index (κ2) is 47.9. The zero-order valence-electron chi connectivity index (χ0n) is 79.0. The number of hydrogen-bond donors (Lipinski definition) is 23. The number of aromatic amines is 5. The molecule has 3 aliphatic heterocycles. The maximum atomic E-state index is 16.2. The second-order valence-electron chi connectivity index (χ2n) is 37.1. The molecule has 0 unspecified atom stereocenters. The summed E-state index contributed by atoms with van der Waals surface area (Å²) in [6.07, 6.45) is 11.7. The Balaban J connectivity index is 0.770. The lowest BCUT2D eigenvalue weighted by atomic mass is 9.97. The summed E-state index contributed by atoms with van der Waals surface area (Å²) >= 11 is 0. The molecule has 39 nitrogen and oxygen atoms in total. The Labute approximate surface area is 804 Å². The molecule has 0 aliphatic carbocycles. The molecule has 139 heavy (non-hydrogen) atoms. The van der Waals surface area contributed by atoms with E-state index in [0.717, 1.165) is 54.5 Å². The summed E-state index contributed by atoms with van der Waals surface area (Å²) in [5.74, 6) is -10.1. The fourth-order valence-electron chi connectivity index (χ4n) is 19.2. The number of carbonyl (C=O) groups is 13. The topological polar surface area (TPSA) is 621 Å². The van der Waals surface area contributed by atoms with Gasteiger partial charge in [-0.1, -0.05) is 125 Å². The number of carbonyl (C=O) groups excluding carboxylic acids is 13. The van der Waals surface area contributed by atoms with Gasteiger partial charge in [-0.3, -0.25) is 73.1 Å². The number of rotatable bonds is 48. The molecule has 3 aliphatic rings. The van der Waals surface area contributed by atoms with Gasteiger partial charge in [-0.05, 0) is 166 Å². The minimum atomic E-state index is -1.47. The van der Waals surface area contributed by atoms with Crippen molar-refractivity contribution in [2.24, 2.45) is 40.5 Å². The van der Waals surface area contributed by atoms with Crippen LogP contribution in [0.2, 0.25) is 0 Å². The summed E-state index contributed by atoms with van der Waals surface area (Å²) in [5, 5.41) is 50.8. The molecule has 10 aromatic rings. The Kier molecular flexibility index (Phi) is 35.1. The predicted octanol–water partition coefficient (Wildman–Crippen LogP) is 3.50. The number of nitrogens with zero attached hydrogens (tertiary/aromatic N) is 3. The van der Waals surface area contributed by atoms with Crippen LogP contribution in [0.15, 0.2) is 152 Å². The highest BCUT2D eigenvalue weighted by Crippen LogP contribution is 2.31. The zero-order chi connectivity index (χ0) is 99.1. The van der Waals surface area contributed by atoms with Crippen LogP contribution in [-0.4, -0.2) is 246 Å². The third-order valence-corrected chi connectivity index (χ3v) is 26.8. The minimum Gasteiger partial charge on any atom is -0.370 e. The quantitative estimate of drug-likeness (QED) is 0.0147. The fourth-order valence-corrected chi connectivity index (χ4v) is 19.2. The first-order chi connectivity index (χ1) is 66.9. The Morgan fingerprint density at radius 3 is 0.993 bits per heavy atom. The van der Waals surface area contributed by atoms with Crippen LogP contribution >= 0.6 is 0 Å². The second-order valence-corrected chi connectivity index (χ2v) is 37.1. The average molecular weight is 1910 g/mol. The smallest absolute Gasteiger partial charge is 0.246 e. The van der Waals surface area contributed by atoms with E-state index < -0.39 is 155 Å². The minimum absolute atomic E-state index is 0.00495. The molecule has 8 heterocycles. The van der Waals surface area contributed by atoms with Gasteiger partial charge in [0.1, 0.15) is 72.5 Å². The van der Waals surface area contributed by atoms with Gasteiger partial charge >= 0.3 is 0 Å². The largest absolute Gasteiger partial charge is 0.370 e. The van der Waals surface area contributed by atoms with Crippen molar-refractivity contribution >= 4 is 143 Å². The van der Waals surface area contributed by atoms with E-state index in [9.17, 15) is 24.0 Å². The molecular weight excluding hydrogens is 1770 g/mol. The molecule has 5 aromatic heterocycles. The zero-order valence-corrected chi connectivity index (χ0v) is 79.0. The van der Waals surface area contributed by atoms with Gasteiger partial charge in [-0.25, -0.2) is 0 Å². The van der Waals surface area contributed by atoms with Crippen LogP contribution in [0, 0.1) is 22.7 Å². The Bertz CT molecular complexity index is 6070. The average Bonchev–Trinajstić information content (AvgIpc) is 1.66. The fraction of sp³-hybridized carbons (Fsp3) is 0.450. The Morgan fingerprint density at radius 2 is 0.669 bits per heavy atom. The van der Waals surface area contributed by atoms with Crippen molar-refractivity contribution in [2.45, 2.75) is 235 Å². The molecule has 740 valence electrons. The molecule has 28 N–H and O–H groups in total. The molecule has 0 radical (unpaired) electrons. The van der Waals surface area contributed by atoms with Gasteiger partial charge in [-0.2, -0.15) is 0 Å². The van der Waals surface area contributed by atoms with Gasteiger partial charge in [0.2, 0.25) is 76.8 Å². The predicted molar refractivity (Wildman–Crippen MR) is 529 cm³/mol. The van der Waals surface area contributed by atoms with Gasteiger partial charge in [0.25, 0.3) is 0 Å². The third kappa shape index (κ3) is 26.0. The van der Waals surface area contributed by atoms with Gasteiger partial charge in [0.05, 0.1) is 6.04 Å². The van der Waals surface area contributed by atoms with E-state index in [4.69, 9.17) is 39.5 Å². The van der Waals surface area contributed by atoms with Crippen LogP contribution in [0.25, 0.3) is 54.5 Å². The van der Waals surface area contributed by atoms with Crippen LogP contribution < -0.4 is 87.2 Å². The number of benzene rings is 5. The number of fused-ring (bicyclic) bond motifs is 5. The first-order valence-corrected chi connectivity index (χ1v) is 48.2. The SMILES string of the molecule is CC[C@H](C)[C@H](NC(=O)[C@H](CC(C)C)NC(=O)[C@@H]1CCCN1C(=O)[C@H](Cc1c[nH]c2ccccc12)NC(=O)[C@H](CCCCN)NC(=O)[C@H](Cc1c[nH]c2ccccc12)NC(=O)[C@@H]1CCCN1C(=O)[C@H](Cc1c[nH]c2ccccc12)NC(=O)[C@H](Cc1c[nH]c2ccccc12)NC(=O)[C@@H]1CCCN1C(=O)[C@H](Cc1c[nH]c2ccccc12)NC(=O)[C@H](CCCNC(=N)N)NC(=O)[C@@H](N)CCCNC(=N)N)C(N)=O. The van der Waals surface area contributed by atoms with Crippen LogP contribution in [0.3, 0.4) is 0 Å². The molecule has 5 aromatic carbocycles. The maximum absolute atomic E-state index is 16.2. The van der Waals surface area contributed by atoms with Crippen LogP contribution in [0.5, 0.6) is 0 Å². The standard InChI is InChI=1S/C100H132N26O13/c1-5-57(4)85(86(103)127)123-92(133)76(45-56(2)3)117-93(134)82-36-20-42-124(82)96(137)79(48-60-53-112-71-31-13-8-25-65(60)71)120-88(129)74(34-16-17-39-101)116-90(131)77(46-58-51-110-69-29-11-6-23-63(58)69)118-94(135)83-37-22-44-126(83)98(139)81(50-62-55-114-73-33-15-10-27-67(62)73)122-91(132)78(47-59-52-111-70-30-12-7-24-64(59)70)119-95(136)84-38-21-43-125(84)97(138)80(49-61-54-113-72-32-14-9-26-66(61)72)121-89(130)75(35-19-41-109-100(106)107)115-87(128)68(102)28-18-40-108-99(104)105/h6-15,23-27,29-33,51-57,68,74-85,110-114H,5,16-22,28,34-50,101-102H2,1-4H3,(H2,103,127)(H,115,128)(H,116,131)(H,117,134)(H,118,135)(H,119,136)(H,120,129)(H,121,130)(H,122,132)(H,123,133)(H4,104,105,108)(H4,106,107,109)/t57-,68-,74-,75-,76-,77-,78-,79-,80-,81-,82-,83-,84-,85-/m0/s1. The van der Waals surface area contributed by atoms with Crippen molar-refractivity contribution in [2.75, 3.05) is 39.3 Å². The number of H-pyrrole nitrogens is 5. The summed E-state index contributed by atoms with van der Waals surface area (Å²) in [6.45, 7) is 8.21. The number of aromatic nitrogens is 5. The van der Waals surface area contributed by atoms with E-state index in [-0.39, 0.29) is 146 Å². The van der Waals surface area contributed by atoms with E-state index in [1.807, 2.05) is 142 Å². The van der Waals surface area contributed by atoms with Gasteiger partial charge in [-0.15, -0.1) is 0 Å². The van der Waals surface area contributed by atoms with Gasteiger partial charge < -0.3 is 127 Å². The lowest BCUT2D eigenvalue weighted by molar-refractivity contribution is -0.143. The number of unbranched alkanes of at least 4 members (excludes halogenated alkanes) is 1. The summed E-state index contributed by atoms with van der Waals surface area (Å²) in [5.41, 5.74) is 36.1. The summed E-state index contributed by atoms with van der Waals surface area (Å²) in [7, 11) is 0. The molecule has 13 rings (SSSR count). The molecule has 3 fully saturated rings. The van der Waals surface area contributed by atoms with Crippen LogP contribution in [0.1, 0.15) is 152 Å². The highest BCUT2D eigenvalue weighted by Gasteiger charge is 2.46. The number of guanidine groups is 2. The monoisotopic (exact) mass is 1910 g/mol. The van der Waals surface area contributed by atoms with E-state index in [2.05, 4.69) is 83.4 Å². The molecule has 39 heteroatoms. The lowest BCUT2D eigenvalue weighted by Crippen LogP contribution is -2.61. The third-order valence-electron chi connectivity index (χ3n) is 26.8. The highest BCUT2D eigenvalue weighted by molar-refractivity contribution is 6.02. The summed E-state index contributed by atoms with van der Waals surface area (Å²) in [6, 6.07) is 20.4. The first kappa shape index (κ1) is 102. The summed E-state index contributed by atoms with van der Waals surface area (Å²) < 4.78 is 0. The Hall–Kier alpha value is -14.6. The van der Waals surface area contributed by atoms with Crippen molar-refractivity contribution < 1.29 is 62.3 Å². The number of nitrogens with two attached hydrogens (primary N) is 5. The lowest BCUT2D eigenvalue weighted by Gasteiger charge is -2.32. The summed E-state index contributed by atoms with van der Waals surface area (Å²) in [4.78, 5) is 217. The van der Waals surface area contributed by atoms with E-state index in [1.165, 1.54) is 14.7 Å². The molecule has 13 amide bonds. The van der Waals surface area contributed by atoms with E-state index in [0.29, 0.717) is 72.8 Å². The number of primary amides is 1. The number of para-hydroxylation sites is 5. The number of amides is 13. The van der Waals surface area contributed by atoms with E-state index >= 15 is 38.4 Å². The number of nitrogens with one attached hydrogen (secondary N) is 18. The van der Waals surface area contributed by atoms with Gasteiger partial charge in [0.15, 0.2) is 11.9 Å². The van der Waals surface area contributed by atoms with Crippen molar-refractivity contribution in [1.82, 2.24) is 98.1 Å². The van der Waals surface area contributed by atoms with Crippen molar-refractivity contribution in [1.29, 1.82) is 10.8 Å². The van der Waals surface area contributed by atoms with Crippen molar-refractivity contribution in [3.8, 4) is 0 Å². The first-order valence-electron chi connectivity index (χ1n) is 48.2. The normalized spacial score (nSPS) is 17.2. The molecule has 14 atom stereocenters. The van der Waals surface area contributed by atoms with Crippen molar-refractivity contribution in [3.05, 3.63) is 180 Å². The molecule has 0 spiro atoms. The molecule has 0 saturated carbocycles. The molecule has 3 saturated heterocycles. The van der Waals surface area contributed by atoms with Crippen molar-refractivity contribution in [3.63, 3.8) is 0 Å². The van der Waals surface area contributed by atoms with E-state index in [1.54, 1.807) is 37.9 Å². The molecular formula is C100H132N26O13. The number of likely N-dealkylation sites (tertiary alicyclic amines) is 3. The van der Waals surface area contributed by atoms with Crippen LogP contribution in [0.4, 0.5) is 0 Å². The van der Waals surface area contributed by atoms with Crippen LogP contribution in [-0.2, 0) is 94.4 Å². The Morgan fingerprint density at radius 1 is 0.374 bits per heavy atom. The van der Waals surface area contributed by atoms with Gasteiger partial charge in [0, 0.05) is 150 Å².